The van der Waals surface area contributed by atoms with Crippen molar-refractivity contribution in [2.45, 2.75) is 30.5 Å². The van der Waals surface area contributed by atoms with Gasteiger partial charge in [0, 0.05) is 6.42 Å². The molecule has 1 fully saturated rings. The highest BCUT2D eigenvalue weighted by molar-refractivity contribution is 5.68. The number of benzene rings is 3. The number of imidazole rings is 1. The van der Waals surface area contributed by atoms with Crippen LogP contribution >= 0.6 is 0 Å². The highest BCUT2D eigenvalue weighted by Gasteiger charge is 2.42. The Hall–Kier alpha value is -4.71. The van der Waals surface area contributed by atoms with E-state index >= 15 is 0 Å². The lowest BCUT2D eigenvalue weighted by atomic mass is 9.80. The van der Waals surface area contributed by atoms with Crippen LogP contribution in [0.3, 0.4) is 0 Å². The van der Waals surface area contributed by atoms with Gasteiger partial charge in [0.2, 0.25) is 0 Å². The second kappa shape index (κ2) is 11.3. The quantitative estimate of drug-likeness (QED) is 0.230. The predicted octanol–water partition coefficient (Wildman–Crippen LogP) is 3.09. The SMILES string of the molecule is COc1ccc(C(OC[C@H]2O[C@@H](n3c(=O)[nH]c4c(=O)[nH]cnc43)C[C@H]2O)(c2ccccc2)c2ccc(OC)cc2)cc1. The normalized spacial score (nSPS) is 18.8. The van der Waals surface area contributed by atoms with Crippen molar-refractivity contribution in [3.63, 3.8) is 0 Å². The number of hydrogen-bond donors (Lipinski definition) is 3. The fraction of sp³-hybridized carbons (Fsp3) is 0.258. The molecule has 11 heteroatoms. The summed E-state index contributed by atoms with van der Waals surface area (Å²) in [5, 5.41) is 11.1. The Morgan fingerprint density at radius 3 is 2.12 bits per heavy atom. The molecule has 0 aliphatic carbocycles. The van der Waals surface area contributed by atoms with E-state index in [2.05, 4.69) is 15.0 Å². The van der Waals surface area contributed by atoms with E-state index in [0.29, 0.717) is 11.5 Å². The topological polar surface area (TPSA) is 141 Å². The zero-order chi connectivity index (χ0) is 29.3. The van der Waals surface area contributed by atoms with E-state index in [1.807, 2.05) is 78.9 Å². The molecule has 0 amide bonds. The molecule has 2 aromatic heterocycles. The number of H-pyrrole nitrogens is 2. The highest BCUT2D eigenvalue weighted by Crippen LogP contribution is 2.42. The second-order valence-electron chi connectivity index (χ2n) is 9.98. The van der Waals surface area contributed by atoms with Crippen LogP contribution in [0, 0.1) is 0 Å². The summed E-state index contributed by atoms with van der Waals surface area (Å²) in [6.45, 7) is -0.0181. The van der Waals surface area contributed by atoms with Gasteiger partial charge in [-0.2, -0.15) is 0 Å². The van der Waals surface area contributed by atoms with Gasteiger partial charge < -0.3 is 29.0 Å². The molecule has 3 aromatic carbocycles. The average Bonchev–Trinajstić information content (AvgIpc) is 3.57. The Kier molecular flexibility index (Phi) is 7.38. The first-order chi connectivity index (χ1) is 20.4. The first-order valence-corrected chi connectivity index (χ1v) is 13.4. The van der Waals surface area contributed by atoms with Crippen molar-refractivity contribution in [1.82, 2.24) is 19.5 Å². The van der Waals surface area contributed by atoms with Crippen LogP contribution in [0.2, 0.25) is 0 Å². The third-order valence-corrected chi connectivity index (χ3v) is 7.64. The second-order valence-corrected chi connectivity index (χ2v) is 9.98. The Bertz CT molecular complexity index is 1730. The van der Waals surface area contributed by atoms with Gasteiger partial charge in [-0.15, -0.1) is 0 Å². The minimum Gasteiger partial charge on any atom is -0.497 e. The maximum atomic E-state index is 12.8. The molecule has 0 bridgehead atoms. The number of aliphatic hydroxyl groups excluding tert-OH is 1. The maximum Gasteiger partial charge on any atom is 0.329 e. The Morgan fingerprint density at radius 2 is 1.52 bits per heavy atom. The summed E-state index contributed by atoms with van der Waals surface area (Å²) in [5.74, 6) is 1.40. The molecule has 3 heterocycles. The lowest BCUT2D eigenvalue weighted by Crippen LogP contribution is -2.38. The zero-order valence-corrected chi connectivity index (χ0v) is 23.0. The van der Waals surface area contributed by atoms with Gasteiger partial charge in [-0.1, -0.05) is 54.6 Å². The molecule has 0 unspecified atom stereocenters. The van der Waals surface area contributed by atoms with E-state index in [9.17, 15) is 14.7 Å². The van der Waals surface area contributed by atoms with Crippen molar-refractivity contribution < 1.29 is 24.1 Å². The molecule has 0 saturated carbocycles. The van der Waals surface area contributed by atoms with Gasteiger partial charge in [0.1, 0.15) is 29.4 Å². The average molecular weight is 571 g/mol. The molecule has 11 nitrogen and oxygen atoms in total. The third kappa shape index (κ3) is 4.77. The number of hydrogen-bond acceptors (Lipinski definition) is 8. The molecular formula is C31H30N4O7. The monoisotopic (exact) mass is 570 g/mol. The van der Waals surface area contributed by atoms with Gasteiger partial charge in [-0.25, -0.2) is 14.3 Å². The van der Waals surface area contributed by atoms with Gasteiger partial charge >= 0.3 is 5.69 Å². The Balaban J connectivity index is 1.39. The summed E-state index contributed by atoms with van der Waals surface area (Å²) in [6, 6.07) is 25.0. The van der Waals surface area contributed by atoms with E-state index < -0.39 is 35.3 Å². The number of methoxy groups -OCH3 is 2. The number of rotatable bonds is 9. The molecule has 0 radical (unpaired) electrons. The van der Waals surface area contributed by atoms with Crippen molar-refractivity contribution >= 4 is 11.2 Å². The van der Waals surface area contributed by atoms with Crippen LogP contribution in [0.25, 0.3) is 11.2 Å². The molecule has 42 heavy (non-hydrogen) atoms. The highest BCUT2D eigenvalue weighted by atomic mass is 16.6. The van der Waals surface area contributed by atoms with Crippen LogP contribution < -0.4 is 20.7 Å². The number of aromatic amines is 2. The van der Waals surface area contributed by atoms with Crippen molar-refractivity contribution in [3.05, 3.63) is 123 Å². The smallest absolute Gasteiger partial charge is 0.329 e. The lowest BCUT2D eigenvalue weighted by Gasteiger charge is -2.37. The third-order valence-electron chi connectivity index (χ3n) is 7.64. The van der Waals surface area contributed by atoms with E-state index in [-0.39, 0.29) is 24.2 Å². The lowest BCUT2D eigenvalue weighted by molar-refractivity contribution is -0.0935. The summed E-state index contributed by atoms with van der Waals surface area (Å²) < 4.78 is 25.1. The van der Waals surface area contributed by atoms with Crippen molar-refractivity contribution in [3.8, 4) is 11.5 Å². The van der Waals surface area contributed by atoms with Gasteiger partial charge in [-0.05, 0) is 41.0 Å². The van der Waals surface area contributed by atoms with E-state index in [4.69, 9.17) is 18.9 Å². The summed E-state index contributed by atoms with van der Waals surface area (Å²) in [7, 11) is 3.22. The van der Waals surface area contributed by atoms with E-state index in [1.54, 1.807) is 14.2 Å². The number of nitrogens with zero attached hydrogens (tertiary/aromatic N) is 2. The molecule has 1 aliphatic rings. The number of fused-ring (bicyclic) bond motifs is 1. The molecule has 0 spiro atoms. The minimum atomic E-state index is -1.10. The van der Waals surface area contributed by atoms with Gasteiger partial charge in [0.15, 0.2) is 11.2 Å². The van der Waals surface area contributed by atoms with Gasteiger partial charge in [-0.3, -0.25) is 9.78 Å². The summed E-state index contributed by atoms with van der Waals surface area (Å²) >= 11 is 0. The molecular weight excluding hydrogens is 540 g/mol. The Morgan fingerprint density at radius 1 is 0.929 bits per heavy atom. The number of aromatic nitrogens is 4. The molecule has 6 rings (SSSR count). The van der Waals surface area contributed by atoms with Gasteiger partial charge in [0.25, 0.3) is 5.56 Å². The van der Waals surface area contributed by atoms with Crippen LogP contribution in [0.15, 0.2) is 94.8 Å². The van der Waals surface area contributed by atoms with Crippen molar-refractivity contribution in [2.24, 2.45) is 0 Å². The van der Waals surface area contributed by atoms with Gasteiger partial charge in [0.05, 0.1) is 33.3 Å². The van der Waals surface area contributed by atoms with Crippen molar-refractivity contribution in [2.75, 3.05) is 20.8 Å². The number of aliphatic hydroxyl groups is 1. The van der Waals surface area contributed by atoms with Crippen LogP contribution in [0.5, 0.6) is 11.5 Å². The van der Waals surface area contributed by atoms with E-state index in [1.165, 1.54) is 10.9 Å². The Labute approximate surface area is 240 Å². The number of nitrogens with one attached hydrogen (secondary N) is 2. The molecule has 3 N–H and O–H groups in total. The molecule has 1 aliphatic heterocycles. The predicted molar refractivity (Wildman–Crippen MR) is 154 cm³/mol. The first-order valence-electron chi connectivity index (χ1n) is 13.4. The van der Waals surface area contributed by atoms with Crippen molar-refractivity contribution in [1.29, 1.82) is 0 Å². The molecule has 216 valence electrons. The maximum absolute atomic E-state index is 12.8. The first kappa shape index (κ1) is 27.5. The van der Waals surface area contributed by atoms with Crippen LogP contribution in [-0.4, -0.2) is 57.7 Å². The van der Waals surface area contributed by atoms with Crippen LogP contribution in [0.4, 0.5) is 0 Å². The van der Waals surface area contributed by atoms with Crippen LogP contribution in [-0.2, 0) is 15.1 Å². The summed E-state index contributed by atoms with van der Waals surface area (Å²) in [5.41, 5.74) is 0.595. The molecule has 3 atom stereocenters. The largest absolute Gasteiger partial charge is 0.497 e. The number of ether oxygens (including phenoxy) is 4. The fourth-order valence-corrected chi connectivity index (χ4v) is 5.52. The fourth-order valence-electron chi connectivity index (χ4n) is 5.52. The zero-order valence-electron chi connectivity index (χ0n) is 23.0. The molecule has 1 saturated heterocycles. The molecule has 5 aromatic rings. The minimum absolute atomic E-state index is 0.0181. The standard InChI is InChI=1S/C31H30N4O7/c1-39-22-12-8-20(9-13-22)31(19-6-4-3-5-7-19,21-10-14-23(40-2)15-11-21)41-17-25-24(36)16-26(42-25)35-28-27(34-30(35)38)29(37)33-18-32-28/h3-15,18,24-26,36H,16-17H2,1-2H3,(H,34,38)(H,32,33,37)/t24-,25-,26-/m1/s1. The summed E-state index contributed by atoms with van der Waals surface area (Å²) in [6.07, 6.45) is -1.25. The van der Waals surface area contributed by atoms with Crippen LogP contribution in [0.1, 0.15) is 29.3 Å². The van der Waals surface area contributed by atoms with E-state index in [0.717, 1.165) is 16.7 Å². The summed E-state index contributed by atoms with van der Waals surface area (Å²) in [4.78, 5) is 34.1.